The van der Waals surface area contributed by atoms with E-state index in [-0.39, 0.29) is 35.8 Å². The number of rotatable bonds is 12. The van der Waals surface area contributed by atoms with Crippen LogP contribution in [0, 0.1) is 17.8 Å². The average molecular weight is 647 g/mol. The zero-order valence-electron chi connectivity index (χ0n) is 26.1. The molecule has 1 saturated carbocycles. The Morgan fingerprint density at radius 2 is 1.77 bits per heavy atom. The first-order chi connectivity index (χ1) is 22.8. The van der Waals surface area contributed by atoms with Crippen LogP contribution in [0.15, 0.2) is 36.4 Å². The Morgan fingerprint density at radius 1 is 1.04 bits per heavy atom. The van der Waals surface area contributed by atoms with E-state index in [4.69, 9.17) is 9.72 Å². The lowest BCUT2D eigenvalue weighted by atomic mass is 10.1. The van der Waals surface area contributed by atoms with Gasteiger partial charge in [0.05, 0.1) is 12.5 Å². The van der Waals surface area contributed by atoms with Crippen molar-refractivity contribution in [2.24, 2.45) is 17.8 Å². The van der Waals surface area contributed by atoms with Crippen LogP contribution < -0.4 is 10.2 Å². The SMILES string of the molecule is CCCCOC(=O)N1CCN(C(=O)[C@H](CCc2nnn[nH]2)NC(=O)c2cc(N3CC4C(C3)C4C(=O)O)nc(-c3ccccc3)n2)CC1. The van der Waals surface area contributed by atoms with Gasteiger partial charge in [0.25, 0.3) is 5.91 Å². The van der Waals surface area contributed by atoms with E-state index in [2.05, 4.69) is 30.9 Å². The maximum atomic E-state index is 13.8. The number of fused-ring (bicyclic) bond motifs is 1. The standard InChI is InChI=1S/C31H38N10O6/c1-2-3-15-47-31(46)40-13-11-39(12-14-40)29(43)22(9-10-24-35-37-38-36-24)33-28(42)23-16-25(34-27(32-23)19-7-5-4-6-8-19)41-17-20-21(18-41)26(20)30(44)45/h4-8,16,20-22,26H,2-3,9-15,17-18H2,1H3,(H,33,42)(H,44,45)(H,35,36,37,38)/t20?,21?,22-,26?/m0/s1. The molecule has 47 heavy (non-hydrogen) atoms. The van der Waals surface area contributed by atoms with E-state index in [1.54, 1.807) is 15.9 Å². The quantitative estimate of drug-likeness (QED) is 0.238. The fraction of sp³-hybridized carbons (Fsp3) is 0.516. The van der Waals surface area contributed by atoms with Crippen LogP contribution in [-0.2, 0) is 20.7 Å². The Balaban J connectivity index is 1.18. The number of aryl methyl sites for hydroxylation is 1. The van der Waals surface area contributed by atoms with E-state index in [0.717, 1.165) is 12.8 Å². The number of carbonyl (C=O) groups is 4. The smallest absolute Gasteiger partial charge is 0.409 e. The summed E-state index contributed by atoms with van der Waals surface area (Å²) in [4.78, 5) is 66.2. The van der Waals surface area contributed by atoms with Crippen molar-refractivity contribution in [3.05, 3.63) is 47.9 Å². The van der Waals surface area contributed by atoms with Crippen LogP contribution in [-0.4, -0.2) is 121 Å². The number of carboxylic acid groups (broad SMARTS) is 1. The van der Waals surface area contributed by atoms with E-state index < -0.39 is 24.0 Å². The molecular weight excluding hydrogens is 608 g/mol. The average Bonchev–Trinajstić information content (AvgIpc) is 3.39. The van der Waals surface area contributed by atoms with Crippen molar-refractivity contribution in [3.63, 3.8) is 0 Å². The Hall–Kier alpha value is -5.15. The number of hydrogen-bond donors (Lipinski definition) is 3. The maximum absolute atomic E-state index is 13.8. The van der Waals surface area contributed by atoms with Gasteiger partial charge >= 0.3 is 12.1 Å². The van der Waals surface area contributed by atoms with Crippen LogP contribution in [0.25, 0.3) is 11.4 Å². The van der Waals surface area contributed by atoms with E-state index in [0.29, 0.717) is 75.3 Å². The van der Waals surface area contributed by atoms with Crippen molar-refractivity contribution in [1.29, 1.82) is 0 Å². The summed E-state index contributed by atoms with van der Waals surface area (Å²) in [5, 5.41) is 26.1. The number of benzene rings is 1. The number of anilines is 1. The Kier molecular flexibility index (Phi) is 9.54. The largest absolute Gasteiger partial charge is 0.481 e. The van der Waals surface area contributed by atoms with Crippen molar-refractivity contribution in [3.8, 4) is 11.4 Å². The van der Waals surface area contributed by atoms with Gasteiger partial charge in [0.15, 0.2) is 5.82 Å². The minimum absolute atomic E-state index is 0.0474. The fourth-order valence-electron chi connectivity index (χ4n) is 6.29. The molecule has 3 N–H and O–H groups in total. The van der Waals surface area contributed by atoms with Gasteiger partial charge in [0.2, 0.25) is 5.91 Å². The van der Waals surface area contributed by atoms with Crippen LogP contribution in [0.5, 0.6) is 0 Å². The molecule has 2 saturated heterocycles. The van der Waals surface area contributed by atoms with E-state index in [1.165, 1.54) is 0 Å². The summed E-state index contributed by atoms with van der Waals surface area (Å²) in [5.41, 5.74) is 0.802. The van der Waals surface area contributed by atoms with Gasteiger partial charge in [-0.15, -0.1) is 5.10 Å². The second-order valence-electron chi connectivity index (χ2n) is 12.1. The summed E-state index contributed by atoms with van der Waals surface area (Å²) < 4.78 is 5.32. The lowest BCUT2D eigenvalue weighted by molar-refractivity contribution is -0.139. The molecule has 2 aromatic heterocycles. The molecule has 0 bridgehead atoms. The summed E-state index contributed by atoms with van der Waals surface area (Å²) in [5.74, 6) is -0.523. The Bertz CT molecular complexity index is 1570. The molecule has 2 unspecified atom stereocenters. The molecule has 16 heteroatoms. The first-order valence-electron chi connectivity index (χ1n) is 16.0. The van der Waals surface area contributed by atoms with E-state index in [9.17, 15) is 24.3 Å². The van der Waals surface area contributed by atoms with Gasteiger partial charge in [0.1, 0.15) is 23.4 Å². The second kappa shape index (κ2) is 14.1. The molecule has 3 aliphatic rings. The van der Waals surface area contributed by atoms with Crippen LogP contribution >= 0.6 is 0 Å². The third-order valence-electron chi connectivity index (χ3n) is 9.02. The second-order valence-corrected chi connectivity index (χ2v) is 12.1. The molecule has 3 amide bonds. The van der Waals surface area contributed by atoms with Crippen molar-refractivity contribution in [2.45, 2.75) is 38.6 Å². The highest BCUT2D eigenvalue weighted by Crippen LogP contribution is 2.52. The van der Waals surface area contributed by atoms with Gasteiger partial charge in [0, 0.05) is 57.3 Å². The number of tetrazole rings is 1. The molecule has 3 aromatic rings. The van der Waals surface area contributed by atoms with Gasteiger partial charge in [-0.3, -0.25) is 14.4 Å². The van der Waals surface area contributed by atoms with E-state index in [1.807, 2.05) is 42.2 Å². The Morgan fingerprint density at radius 3 is 2.43 bits per heavy atom. The van der Waals surface area contributed by atoms with Crippen LogP contribution in [0.2, 0.25) is 0 Å². The third kappa shape index (κ3) is 7.31. The highest BCUT2D eigenvalue weighted by atomic mass is 16.6. The number of amides is 3. The normalized spacial score (nSPS) is 20.8. The number of aliphatic carboxylic acids is 1. The van der Waals surface area contributed by atoms with Gasteiger partial charge in [-0.2, -0.15) is 0 Å². The topological polar surface area (TPSA) is 200 Å². The zero-order chi connectivity index (χ0) is 32.9. The monoisotopic (exact) mass is 646 g/mol. The number of ether oxygens (including phenoxy) is 1. The molecule has 1 aromatic carbocycles. The first kappa shape index (κ1) is 31.8. The fourth-order valence-corrected chi connectivity index (χ4v) is 6.29. The summed E-state index contributed by atoms with van der Waals surface area (Å²) in [6, 6.07) is 9.93. The lowest BCUT2D eigenvalue weighted by Gasteiger charge is -2.36. The minimum Gasteiger partial charge on any atom is -0.481 e. The molecule has 248 valence electrons. The molecule has 3 atom stereocenters. The lowest BCUT2D eigenvalue weighted by Crippen LogP contribution is -2.56. The molecule has 6 rings (SSSR count). The minimum atomic E-state index is -0.926. The maximum Gasteiger partial charge on any atom is 0.409 e. The van der Waals surface area contributed by atoms with Gasteiger partial charge in [-0.1, -0.05) is 43.7 Å². The van der Waals surface area contributed by atoms with Crippen molar-refractivity contribution in [2.75, 3.05) is 50.8 Å². The number of hydrogen-bond acceptors (Lipinski definition) is 11. The summed E-state index contributed by atoms with van der Waals surface area (Å²) in [6.07, 6.45) is 1.84. The highest BCUT2D eigenvalue weighted by Gasteiger charge is 2.60. The van der Waals surface area contributed by atoms with Crippen molar-refractivity contribution in [1.82, 2.24) is 45.7 Å². The molecule has 16 nitrogen and oxygen atoms in total. The number of aromatic amines is 1. The molecule has 3 fully saturated rings. The molecule has 1 aliphatic carbocycles. The predicted octanol–water partition coefficient (Wildman–Crippen LogP) is 1.24. The number of nitrogens with one attached hydrogen (secondary N) is 2. The summed E-state index contributed by atoms with van der Waals surface area (Å²) in [6.45, 7) is 4.66. The number of nitrogens with zero attached hydrogens (tertiary/aromatic N) is 8. The first-order valence-corrected chi connectivity index (χ1v) is 16.0. The zero-order valence-corrected chi connectivity index (χ0v) is 26.1. The summed E-state index contributed by atoms with van der Waals surface area (Å²) >= 11 is 0. The van der Waals surface area contributed by atoms with Gasteiger partial charge in [-0.25, -0.2) is 19.9 Å². The molecule has 4 heterocycles. The third-order valence-corrected chi connectivity index (χ3v) is 9.02. The number of unbranched alkanes of at least 4 members (excludes halogenated alkanes) is 1. The van der Waals surface area contributed by atoms with Crippen LogP contribution in [0.3, 0.4) is 0 Å². The molecule has 2 aliphatic heterocycles. The molecular formula is C31H38N10O6. The number of carboxylic acids is 1. The van der Waals surface area contributed by atoms with E-state index >= 15 is 0 Å². The van der Waals surface area contributed by atoms with Gasteiger partial charge in [-0.05, 0) is 35.1 Å². The van der Waals surface area contributed by atoms with Crippen molar-refractivity contribution < 1.29 is 29.0 Å². The number of aromatic nitrogens is 6. The summed E-state index contributed by atoms with van der Waals surface area (Å²) in [7, 11) is 0. The molecule has 0 spiro atoms. The highest BCUT2D eigenvalue weighted by molar-refractivity contribution is 5.97. The number of H-pyrrole nitrogens is 1. The molecule has 0 radical (unpaired) electrons. The van der Waals surface area contributed by atoms with Crippen LogP contribution in [0.1, 0.15) is 42.5 Å². The van der Waals surface area contributed by atoms with Gasteiger partial charge < -0.3 is 29.9 Å². The number of carbonyl (C=O) groups excluding carboxylic acids is 3. The predicted molar refractivity (Wildman–Crippen MR) is 166 cm³/mol. The number of piperazine rings is 1. The van der Waals surface area contributed by atoms with Crippen molar-refractivity contribution >= 4 is 29.7 Å². The Labute approximate surface area is 270 Å². The van der Waals surface area contributed by atoms with Crippen LogP contribution in [0.4, 0.5) is 10.6 Å². The number of piperidine rings is 1.